The van der Waals surface area contributed by atoms with Crippen molar-refractivity contribution >= 4 is 28.4 Å². The summed E-state index contributed by atoms with van der Waals surface area (Å²) in [6.07, 6.45) is 0.810. The third-order valence-corrected chi connectivity index (χ3v) is 4.23. The predicted molar refractivity (Wildman–Crippen MR) is 91.4 cm³/mol. The van der Waals surface area contributed by atoms with Crippen LogP contribution in [0.1, 0.15) is 13.3 Å². The van der Waals surface area contributed by atoms with Gasteiger partial charge in [-0.3, -0.25) is 4.79 Å². The number of hydrogen-bond donors (Lipinski definition) is 1. The minimum Gasteiger partial charge on any atom is -0.341 e. The fourth-order valence-corrected chi connectivity index (χ4v) is 2.91. The molecule has 0 aliphatic carbocycles. The topological polar surface area (TPSA) is 52.7 Å². The molecule has 1 aliphatic rings. The first kappa shape index (κ1) is 15.3. The lowest BCUT2D eigenvalue weighted by Gasteiger charge is -2.21. The summed E-state index contributed by atoms with van der Waals surface area (Å²) in [7, 11) is 0. The highest BCUT2D eigenvalue weighted by Gasteiger charge is 2.20. The predicted octanol–water partition coefficient (Wildman–Crippen LogP) is 2.93. The Kier molecular flexibility index (Phi) is 4.46. The molecule has 3 rings (SSSR count). The van der Waals surface area contributed by atoms with Crippen LogP contribution >= 0.6 is 0 Å². The number of urea groups is 1. The van der Waals surface area contributed by atoms with Gasteiger partial charge in [0.2, 0.25) is 5.91 Å². The van der Waals surface area contributed by atoms with Crippen molar-refractivity contribution < 1.29 is 9.59 Å². The lowest BCUT2D eigenvalue weighted by Crippen LogP contribution is -2.38. The molecule has 1 heterocycles. The van der Waals surface area contributed by atoms with Gasteiger partial charge in [0, 0.05) is 38.8 Å². The SMILES string of the molecule is CC(=O)N1CCCN(C(=O)Nc2ccc3ccccc3c2)CC1. The van der Waals surface area contributed by atoms with E-state index in [0.717, 1.165) is 29.4 Å². The van der Waals surface area contributed by atoms with Crippen molar-refractivity contribution in [1.29, 1.82) is 0 Å². The molecular weight excluding hydrogens is 290 g/mol. The lowest BCUT2D eigenvalue weighted by atomic mass is 10.1. The Morgan fingerprint density at radius 1 is 0.913 bits per heavy atom. The highest BCUT2D eigenvalue weighted by molar-refractivity contribution is 5.93. The van der Waals surface area contributed by atoms with Crippen LogP contribution < -0.4 is 5.32 Å². The van der Waals surface area contributed by atoms with Gasteiger partial charge in [-0.1, -0.05) is 30.3 Å². The Balaban J connectivity index is 1.66. The van der Waals surface area contributed by atoms with Crippen molar-refractivity contribution in [3.05, 3.63) is 42.5 Å². The van der Waals surface area contributed by atoms with Crippen molar-refractivity contribution in [2.24, 2.45) is 0 Å². The number of benzene rings is 2. The molecular formula is C18H21N3O2. The van der Waals surface area contributed by atoms with E-state index in [4.69, 9.17) is 0 Å². The monoisotopic (exact) mass is 311 g/mol. The number of carbonyl (C=O) groups is 2. The van der Waals surface area contributed by atoms with Gasteiger partial charge in [0.1, 0.15) is 0 Å². The Bertz CT molecular complexity index is 729. The first-order chi connectivity index (χ1) is 11.1. The van der Waals surface area contributed by atoms with Crippen molar-refractivity contribution in [1.82, 2.24) is 9.80 Å². The third-order valence-electron chi connectivity index (χ3n) is 4.23. The summed E-state index contributed by atoms with van der Waals surface area (Å²) in [5.74, 6) is 0.0711. The zero-order valence-corrected chi connectivity index (χ0v) is 13.3. The zero-order chi connectivity index (χ0) is 16.2. The summed E-state index contributed by atoms with van der Waals surface area (Å²) < 4.78 is 0. The molecule has 0 radical (unpaired) electrons. The van der Waals surface area contributed by atoms with Gasteiger partial charge < -0.3 is 15.1 Å². The molecule has 1 saturated heterocycles. The van der Waals surface area contributed by atoms with E-state index in [-0.39, 0.29) is 11.9 Å². The second kappa shape index (κ2) is 6.69. The van der Waals surface area contributed by atoms with E-state index in [2.05, 4.69) is 5.32 Å². The largest absolute Gasteiger partial charge is 0.341 e. The van der Waals surface area contributed by atoms with Crippen LogP contribution in [0.4, 0.5) is 10.5 Å². The number of fused-ring (bicyclic) bond motifs is 1. The minimum absolute atomic E-state index is 0.0711. The first-order valence-corrected chi connectivity index (χ1v) is 7.94. The molecule has 120 valence electrons. The summed E-state index contributed by atoms with van der Waals surface area (Å²) in [6.45, 7) is 4.13. The van der Waals surface area contributed by atoms with Gasteiger partial charge in [-0.25, -0.2) is 4.79 Å². The number of carbonyl (C=O) groups excluding carboxylic acids is 2. The molecule has 0 spiro atoms. The molecule has 1 fully saturated rings. The molecule has 0 saturated carbocycles. The number of nitrogens with one attached hydrogen (secondary N) is 1. The quantitative estimate of drug-likeness (QED) is 0.880. The third kappa shape index (κ3) is 3.62. The molecule has 0 aromatic heterocycles. The maximum absolute atomic E-state index is 12.4. The van der Waals surface area contributed by atoms with Crippen LogP contribution in [0.5, 0.6) is 0 Å². The van der Waals surface area contributed by atoms with Gasteiger partial charge in [-0.15, -0.1) is 0 Å². The lowest BCUT2D eigenvalue weighted by molar-refractivity contribution is -0.128. The van der Waals surface area contributed by atoms with E-state index < -0.39 is 0 Å². The van der Waals surface area contributed by atoms with Crippen LogP contribution in [0.25, 0.3) is 10.8 Å². The number of nitrogens with zero attached hydrogens (tertiary/aromatic N) is 2. The molecule has 23 heavy (non-hydrogen) atoms. The molecule has 5 heteroatoms. The first-order valence-electron chi connectivity index (χ1n) is 7.94. The standard InChI is InChI=1S/C18H21N3O2/c1-14(22)20-9-4-10-21(12-11-20)18(23)19-17-8-7-15-5-2-3-6-16(15)13-17/h2-3,5-8,13H,4,9-12H2,1H3,(H,19,23). The number of anilines is 1. The summed E-state index contributed by atoms with van der Waals surface area (Å²) in [4.78, 5) is 27.5. The van der Waals surface area contributed by atoms with Crippen molar-refractivity contribution in [3.8, 4) is 0 Å². The molecule has 0 unspecified atom stereocenters. The van der Waals surface area contributed by atoms with Crippen molar-refractivity contribution in [2.45, 2.75) is 13.3 Å². The van der Waals surface area contributed by atoms with E-state index in [1.54, 1.807) is 16.7 Å². The van der Waals surface area contributed by atoms with E-state index in [1.165, 1.54) is 0 Å². The van der Waals surface area contributed by atoms with Crippen LogP contribution in [0.15, 0.2) is 42.5 Å². The molecule has 1 N–H and O–H groups in total. The highest BCUT2D eigenvalue weighted by Crippen LogP contribution is 2.19. The molecule has 2 aromatic carbocycles. The average molecular weight is 311 g/mol. The van der Waals surface area contributed by atoms with Crippen LogP contribution in [-0.2, 0) is 4.79 Å². The minimum atomic E-state index is -0.106. The Morgan fingerprint density at radius 2 is 1.61 bits per heavy atom. The second-order valence-corrected chi connectivity index (χ2v) is 5.84. The van der Waals surface area contributed by atoms with Crippen LogP contribution in [-0.4, -0.2) is 47.9 Å². The van der Waals surface area contributed by atoms with E-state index in [0.29, 0.717) is 19.6 Å². The maximum Gasteiger partial charge on any atom is 0.321 e. The fourth-order valence-electron chi connectivity index (χ4n) is 2.91. The molecule has 2 aromatic rings. The average Bonchev–Trinajstić information content (AvgIpc) is 2.81. The highest BCUT2D eigenvalue weighted by atomic mass is 16.2. The van der Waals surface area contributed by atoms with Gasteiger partial charge in [0.25, 0.3) is 0 Å². The van der Waals surface area contributed by atoms with Crippen LogP contribution in [0.2, 0.25) is 0 Å². The summed E-state index contributed by atoms with van der Waals surface area (Å²) in [5, 5.41) is 5.21. The summed E-state index contributed by atoms with van der Waals surface area (Å²) in [6, 6.07) is 13.9. The van der Waals surface area contributed by atoms with Gasteiger partial charge in [0.05, 0.1) is 0 Å². The second-order valence-electron chi connectivity index (χ2n) is 5.84. The van der Waals surface area contributed by atoms with Crippen molar-refractivity contribution in [3.63, 3.8) is 0 Å². The van der Waals surface area contributed by atoms with Crippen LogP contribution in [0.3, 0.4) is 0 Å². The normalized spacial score (nSPS) is 15.3. The number of rotatable bonds is 1. The van der Waals surface area contributed by atoms with Gasteiger partial charge in [-0.2, -0.15) is 0 Å². The summed E-state index contributed by atoms with van der Waals surface area (Å²) >= 11 is 0. The van der Waals surface area contributed by atoms with Crippen molar-refractivity contribution in [2.75, 3.05) is 31.5 Å². The molecule has 3 amide bonds. The molecule has 1 aliphatic heterocycles. The number of hydrogen-bond acceptors (Lipinski definition) is 2. The van der Waals surface area contributed by atoms with Gasteiger partial charge >= 0.3 is 6.03 Å². The molecule has 5 nitrogen and oxygen atoms in total. The summed E-state index contributed by atoms with van der Waals surface area (Å²) in [5.41, 5.74) is 0.793. The van der Waals surface area contributed by atoms with E-state index in [1.807, 2.05) is 42.5 Å². The van der Waals surface area contributed by atoms with Gasteiger partial charge in [-0.05, 0) is 29.3 Å². The van der Waals surface area contributed by atoms with E-state index >= 15 is 0 Å². The fraction of sp³-hybridized carbons (Fsp3) is 0.333. The smallest absolute Gasteiger partial charge is 0.321 e. The number of amides is 3. The van der Waals surface area contributed by atoms with E-state index in [9.17, 15) is 9.59 Å². The van der Waals surface area contributed by atoms with Crippen LogP contribution in [0, 0.1) is 0 Å². The molecule has 0 bridgehead atoms. The Morgan fingerprint density at radius 3 is 2.39 bits per heavy atom. The Hall–Kier alpha value is -2.56. The van der Waals surface area contributed by atoms with Gasteiger partial charge in [0.15, 0.2) is 0 Å². The Labute approximate surface area is 135 Å². The zero-order valence-electron chi connectivity index (χ0n) is 13.3. The maximum atomic E-state index is 12.4. The molecule has 0 atom stereocenters.